The van der Waals surface area contributed by atoms with E-state index in [1.807, 2.05) is 19.2 Å². The summed E-state index contributed by atoms with van der Waals surface area (Å²) in [4.78, 5) is 5.40. The quantitative estimate of drug-likeness (QED) is 0.834. The smallest absolute Gasteiger partial charge is 0.129 e. The second kappa shape index (κ2) is 5.25. The maximum absolute atomic E-state index is 8.84. The summed E-state index contributed by atoms with van der Waals surface area (Å²) >= 11 is 1.69. The molecule has 86 valence electrons. The van der Waals surface area contributed by atoms with Crippen molar-refractivity contribution in [1.82, 2.24) is 10.3 Å². The van der Waals surface area contributed by atoms with Crippen molar-refractivity contribution in [1.29, 1.82) is 0 Å². The number of nitrogens with zero attached hydrogens (tertiary/aromatic N) is 1. The molecule has 0 aromatic carbocycles. The van der Waals surface area contributed by atoms with Gasteiger partial charge in [-0.25, -0.2) is 4.98 Å². The van der Waals surface area contributed by atoms with Crippen molar-refractivity contribution >= 4 is 11.3 Å². The molecule has 0 saturated carbocycles. The van der Waals surface area contributed by atoms with E-state index in [0.29, 0.717) is 12.3 Å². The van der Waals surface area contributed by atoms with Crippen molar-refractivity contribution in [2.75, 3.05) is 0 Å². The molecule has 4 nitrogen and oxygen atoms in total. The van der Waals surface area contributed by atoms with Crippen LogP contribution in [-0.2, 0) is 19.7 Å². The van der Waals surface area contributed by atoms with Gasteiger partial charge in [-0.3, -0.25) is 0 Å². The summed E-state index contributed by atoms with van der Waals surface area (Å²) < 4.78 is 5.35. The Bertz CT molecular complexity index is 450. The number of nitrogens with one attached hydrogen (secondary N) is 1. The highest BCUT2D eigenvalue weighted by atomic mass is 32.1. The van der Waals surface area contributed by atoms with Crippen molar-refractivity contribution in [3.05, 3.63) is 39.7 Å². The van der Waals surface area contributed by atoms with Gasteiger partial charge in [0, 0.05) is 17.6 Å². The van der Waals surface area contributed by atoms with Gasteiger partial charge in [0.25, 0.3) is 0 Å². The number of hydrogen-bond acceptors (Lipinski definition) is 5. The van der Waals surface area contributed by atoms with Gasteiger partial charge in [-0.1, -0.05) is 0 Å². The third kappa shape index (κ3) is 2.91. The molecule has 5 heteroatoms. The molecule has 0 amide bonds. The van der Waals surface area contributed by atoms with Crippen LogP contribution < -0.4 is 5.32 Å². The monoisotopic (exact) mass is 238 g/mol. The third-order valence-electron chi connectivity index (χ3n) is 2.14. The molecular weight excluding hydrogens is 224 g/mol. The maximum Gasteiger partial charge on any atom is 0.129 e. The van der Waals surface area contributed by atoms with Gasteiger partial charge in [0.15, 0.2) is 0 Å². The van der Waals surface area contributed by atoms with E-state index in [1.165, 1.54) is 4.88 Å². The Hall–Kier alpha value is -1.17. The Labute approximate surface area is 97.9 Å². The van der Waals surface area contributed by atoms with E-state index < -0.39 is 0 Å². The average molecular weight is 238 g/mol. The molecule has 0 aliphatic heterocycles. The van der Waals surface area contributed by atoms with Crippen molar-refractivity contribution in [3.8, 4) is 0 Å². The highest BCUT2D eigenvalue weighted by Crippen LogP contribution is 2.12. The topological polar surface area (TPSA) is 58.3 Å². The van der Waals surface area contributed by atoms with Crippen LogP contribution in [-0.4, -0.2) is 10.1 Å². The molecule has 2 aromatic rings. The first kappa shape index (κ1) is 11.3. The summed E-state index contributed by atoms with van der Waals surface area (Å²) in [5.74, 6) is 1.44. The fraction of sp³-hybridized carbons (Fsp3) is 0.364. The molecule has 0 unspecified atom stereocenters. The van der Waals surface area contributed by atoms with Gasteiger partial charge in [0.05, 0.1) is 11.6 Å². The van der Waals surface area contributed by atoms with E-state index in [0.717, 1.165) is 17.3 Å². The minimum absolute atomic E-state index is 0.0476. The van der Waals surface area contributed by atoms with E-state index in [2.05, 4.69) is 10.3 Å². The van der Waals surface area contributed by atoms with E-state index in [-0.39, 0.29) is 6.61 Å². The molecule has 16 heavy (non-hydrogen) atoms. The van der Waals surface area contributed by atoms with Crippen molar-refractivity contribution in [2.45, 2.75) is 26.6 Å². The predicted molar refractivity (Wildman–Crippen MR) is 62.0 cm³/mol. The molecule has 0 fully saturated rings. The van der Waals surface area contributed by atoms with E-state index in [4.69, 9.17) is 9.52 Å². The minimum Gasteiger partial charge on any atom is -0.462 e. The lowest BCUT2D eigenvalue weighted by molar-refractivity contribution is 0.242. The molecule has 0 spiro atoms. The van der Waals surface area contributed by atoms with Crippen LogP contribution in [0.3, 0.4) is 0 Å². The summed E-state index contributed by atoms with van der Waals surface area (Å²) in [5.41, 5.74) is 0. The van der Waals surface area contributed by atoms with E-state index >= 15 is 0 Å². The Morgan fingerprint density at radius 2 is 2.19 bits per heavy atom. The third-order valence-corrected chi connectivity index (χ3v) is 3.05. The molecule has 0 aliphatic carbocycles. The first-order valence-electron chi connectivity index (χ1n) is 5.08. The van der Waals surface area contributed by atoms with Crippen LogP contribution in [0.25, 0.3) is 0 Å². The molecule has 2 N–H and O–H groups in total. The van der Waals surface area contributed by atoms with Gasteiger partial charge in [-0.05, 0) is 19.1 Å². The average Bonchev–Trinajstić information content (AvgIpc) is 2.88. The zero-order valence-electron chi connectivity index (χ0n) is 9.06. The summed E-state index contributed by atoms with van der Waals surface area (Å²) in [6.07, 6.45) is 1.88. The summed E-state index contributed by atoms with van der Waals surface area (Å²) in [6.45, 7) is 3.40. The van der Waals surface area contributed by atoms with Gasteiger partial charge in [0.2, 0.25) is 0 Å². The highest BCUT2D eigenvalue weighted by Gasteiger charge is 2.01. The van der Waals surface area contributed by atoms with Gasteiger partial charge in [-0.2, -0.15) is 0 Å². The molecule has 0 bridgehead atoms. The van der Waals surface area contributed by atoms with Crippen LogP contribution in [0.15, 0.2) is 22.7 Å². The predicted octanol–water partition coefficient (Wildman–Crippen LogP) is 1.83. The summed E-state index contributed by atoms with van der Waals surface area (Å²) in [5, 5.41) is 13.2. The molecule has 0 atom stereocenters. The second-order valence-corrected chi connectivity index (χ2v) is 4.79. The Morgan fingerprint density at radius 3 is 2.81 bits per heavy atom. The van der Waals surface area contributed by atoms with Gasteiger partial charge in [-0.15, -0.1) is 11.3 Å². The summed E-state index contributed by atoms with van der Waals surface area (Å²) in [7, 11) is 0. The molecule has 2 rings (SSSR count). The van der Waals surface area contributed by atoms with Crippen molar-refractivity contribution in [3.63, 3.8) is 0 Å². The Balaban J connectivity index is 1.79. The molecule has 2 aromatic heterocycles. The number of aliphatic hydroxyl groups excluding tert-OH is 1. The first-order valence-corrected chi connectivity index (χ1v) is 5.90. The largest absolute Gasteiger partial charge is 0.462 e. The SMILES string of the molecule is Cc1ncc(CNCc2ccc(CO)o2)s1. The molecule has 0 aliphatic rings. The fourth-order valence-corrected chi connectivity index (χ4v) is 2.16. The van der Waals surface area contributed by atoms with Crippen molar-refractivity contribution in [2.24, 2.45) is 0 Å². The number of aryl methyl sites for hydroxylation is 1. The highest BCUT2D eigenvalue weighted by molar-refractivity contribution is 7.11. The standard InChI is InChI=1S/C11H14N2O2S/c1-8-13-6-11(16-8)5-12-4-9-2-3-10(7-14)15-9/h2-3,6,12,14H,4-5,7H2,1H3. The van der Waals surface area contributed by atoms with Gasteiger partial charge < -0.3 is 14.8 Å². The van der Waals surface area contributed by atoms with Gasteiger partial charge >= 0.3 is 0 Å². The number of furan rings is 1. The minimum atomic E-state index is -0.0476. The Kier molecular flexibility index (Phi) is 3.71. The molecular formula is C11H14N2O2S. The van der Waals surface area contributed by atoms with Crippen LogP contribution in [0.2, 0.25) is 0 Å². The molecule has 2 heterocycles. The lowest BCUT2D eigenvalue weighted by Crippen LogP contribution is -2.11. The van der Waals surface area contributed by atoms with Crippen LogP contribution in [0.1, 0.15) is 21.4 Å². The number of rotatable bonds is 5. The van der Waals surface area contributed by atoms with E-state index in [9.17, 15) is 0 Å². The zero-order valence-corrected chi connectivity index (χ0v) is 9.88. The normalized spacial score (nSPS) is 10.9. The first-order chi connectivity index (χ1) is 7.78. The summed E-state index contributed by atoms with van der Waals surface area (Å²) in [6, 6.07) is 3.66. The molecule has 0 saturated heterocycles. The number of aromatic nitrogens is 1. The van der Waals surface area contributed by atoms with Crippen molar-refractivity contribution < 1.29 is 9.52 Å². The van der Waals surface area contributed by atoms with Crippen LogP contribution in [0, 0.1) is 6.92 Å². The number of hydrogen-bond donors (Lipinski definition) is 2. The number of aliphatic hydroxyl groups is 1. The molecule has 0 radical (unpaired) electrons. The van der Waals surface area contributed by atoms with Crippen LogP contribution in [0.4, 0.5) is 0 Å². The Morgan fingerprint density at radius 1 is 1.38 bits per heavy atom. The fourth-order valence-electron chi connectivity index (χ4n) is 1.40. The van der Waals surface area contributed by atoms with Crippen LogP contribution in [0.5, 0.6) is 0 Å². The van der Waals surface area contributed by atoms with Gasteiger partial charge in [0.1, 0.15) is 18.1 Å². The maximum atomic E-state index is 8.84. The zero-order chi connectivity index (χ0) is 11.4. The lowest BCUT2D eigenvalue weighted by Gasteiger charge is -1.99. The van der Waals surface area contributed by atoms with Crippen LogP contribution >= 0.6 is 11.3 Å². The lowest BCUT2D eigenvalue weighted by atomic mass is 10.4. The second-order valence-electron chi connectivity index (χ2n) is 3.48. The number of thiazole rings is 1. The van der Waals surface area contributed by atoms with E-state index in [1.54, 1.807) is 17.4 Å².